The van der Waals surface area contributed by atoms with Crippen molar-refractivity contribution >= 4 is 21.7 Å². The van der Waals surface area contributed by atoms with Crippen LogP contribution in [0.5, 0.6) is 0 Å². The lowest BCUT2D eigenvalue weighted by Crippen LogP contribution is -2.34. The second-order valence-corrected chi connectivity index (χ2v) is 5.55. The zero-order chi connectivity index (χ0) is 14.2. The van der Waals surface area contributed by atoms with Crippen molar-refractivity contribution in [2.24, 2.45) is 5.18 Å². The molecule has 0 heterocycles. The van der Waals surface area contributed by atoms with Crippen LogP contribution in [0.4, 0.5) is 13.2 Å². The quantitative estimate of drug-likeness (QED) is 0.472. The fourth-order valence-corrected chi connectivity index (χ4v) is 2.81. The summed E-state index contributed by atoms with van der Waals surface area (Å²) in [6.07, 6.45) is -0.0141. The van der Waals surface area contributed by atoms with E-state index >= 15 is 0 Å². The summed E-state index contributed by atoms with van der Waals surface area (Å²) in [5, 5.41) is 2.87. The highest BCUT2D eigenvalue weighted by Crippen LogP contribution is 2.37. The number of rotatable bonds is 2. The number of carbonyl (C=O) groups excluding carboxylic acids is 1. The minimum atomic E-state index is -1.31. The van der Waals surface area contributed by atoms with Crippen LogP contribution in [0.1, 0.15) is 24.3 Å². The molecule has 0 radical (unpaired) electrons. The van der Waals surface area contributed by atoms with Crippen LogP contribution in [0, 0.1) is 22.4 Å². The van der Waals surface area contributed by atoms with Crippen LogP contribution in [0.25, 0.3) is 0 Å². The first-order chi connectivity index (χ1) is 8.93. The van der Waals surface area contributed by atoms with Gasteiger partial charge in [0.05, 0.1) is 4.83 Å². The molecule has 7 heteroatoms. The second-order valence-electron chi connectivity index (χ2n) is 4.44. The van der Waals surface area contributed by atoms with Crippen LogP contribution >= 0.6 is 15.9 Å². The first-order valence-corrected chi connectivity index (χ1v) is 6.49. The molecule has 3 atom stereocenters. The lowest BCUT2D eigenvalue weighted by molar-refractivity contribution is -0.120. The van der Waals surface area contributed by atoms with Crippen molar-refractivity contribution in [2.75, 3.05) is 0 Å². The van der Waals surface area contributed by atoms with Crippen molar-refractivity contribution in [1.29, 1.82) is 0 Å². The number of benzene rings is 1. The Bertz CT molecular complexity index is 538. The lowest BCUT2D eigenvalue weighted by atomic mass is 9.79. The van der Waals surface area contributed by atoms with Crippen molar-refractivity contribution in [3.05, 3.63) is 40.1 Å². The number of halogens is 4. The van der Waals surface area contributed by atoms with E-state index in [1.165, 1.54) is 0 Å². The van der Waals surface area contributed by atoms with Gasteiger partial charge in [-0.2, -0.15) is 4.91 Å². The Balaban J connectivity index is 2.41. The molecule has 0 bridgehead atoms. The minimum absolute atomic E-state index is 0.117. The number of carbonyl (C=O) groups is 1. The van der Waals surface area contributed by atoms with Gasteiger partial charge >= 0.3 is 0 Å². The Kier molecular flexibility index (Phi) is 4.03. The summed E-state index contributed by atoms with van der Waals surface area (Å²) in [6.45, 7) is 0. The number of hydrogen-bond donors (Lipinski definition) is 0. The van der Waals surface area contributed by atoms with Crippen molar-refractivity contribution in [2.45, 2.75) is 29.6 Å². The Morgan fingerprint density at radius 3 is 2.42 bits per heavy atom. The summed E-state index contributed by atoms with van der Waals surface area (Å²) in [5.74, 6) is -4.56. The maximum absolute atomic E-state index is 13.7. The van der Waals surface area contributed by atoms with Crippen LogP contribution in [-0.2, 0) is 4.79 Å². The maximum atomic E-state index is 13.7. The summed E-state index contributed by atoms with van der Waals surface area (Å²) in [5.41, 5.74) is -0.184. The number of nitroso groups, excluding NO2 is 1. The Hall–Kier alpha value is -1.24. The zero-order valence-corrected chi connectivity index (χ0v) is 11.2. The molecular weight excluding hydrogens is 327 g/mol. The van der Waals surface area contributed by atoms with E-state index in [1.807, 2.05) is 0 Å². The second kappa shape index (κ2) is 5.40. The first-order valence-electron chi connectivity index (χ1n) is 5.57. The van der Waals surface area contributed by atoms with Crippen molar-refractivity contribution < 1.29 is 18.0 Å². The molecule has 1 aromatic carbocycles. The minimum Gasteiger partial charge on any atom is -0.298 e. The van der Waals surface area contributed by atoms with E-state index < -0.39 is 34.2 Å². The van der Waals surface area contributed by atoms with Gasteiger partial charge < -0.3 is 0 Å². The largest absolute Gasteiger partial charge is 0.298 e. The van der Waals surface area contributed by atoms with Crippen molar-refractivity contribution in [3.63, 3.8) is 0 Å². The van der Waals surface area contributed by atoms with Gasteiger partial charge in [0.1, 0.15) is 17.6 Å². The molecule has 0 amide bonds. The van der Waals surface area contributed by atoms with E-state index in [0.717, 1.165) is 0 Å². The van der Waals surface area contributed by atoms with Crippen LogP contribution in [0.2, 0.25) is 0 Å². The number of Topliss-reactive ketones (excluding diaryl/α,β-unsaturated/α-hetero) is 1. The van der Waals surface area contributed by atoms with Crippen molar-refractivity contribution in [1.82, 2.24) is 0 Å². The predicted molar refractivity (Wildman–Crippen MR) is 65.6 cm³/mol. The molecule has 3 nitrogen and oxygen atoms in total. The van der Waals surface area contributed by atoms with Crippen LogP contribution < -0.4 is 0 Å². The summed E-state index contributed by atoms with van der Waals surface area (Å²) in [6, 6.07) is 0.258. The Morgan fingerprint density at radius 1 is 1.16 bits per heavy atom. The van der Waals surface area contributed by atoms with Gasteiger partial charge in [0.25, 0.3) is 0 Å². The molecule has 19 heavy (non-hydrogen) atoms. The van der Waals surface area contributed by atoms with Gasteiger partial charge in [-0.1, -0.05) is 21.1 Å². The number of alkyl halides is 1. The van der Waals surface area contributed by atoms with E-state index in [2.05, 4.69) is 21.1 Å². The van der Waals surface area contributed by atoms with Gasteiger partial charge in [-0.05, 0) is 18.1 Å². The molecule has 0 aromatic heterocycles. The number of nitrogens with zero attached hydrogens (tertiary/aromatic N) is 1. The average molecular weight is 336 g/mol. The number of hydrogen-bond acceptors (Lipinski definition) is 3. The topological polar surface area (TPSA) is 46.5 Å². The Morgan fingerprint density at radius 2 is 1.79 bits per heavy atom. The van der Waals surface area contributed by atoms with E-state index in [9.17, 15) is 22.9 Å². The van der Waals surface area contributed by atoms with Gasteiger partial charge in [-0.3, -0.25) is 4.79 Å². The van der Waals surface area contributed by atoms with Crippen LogP contribution in [-0.4, -0.2) is 16.7 Å². The molecule has 0 N–H and O–H groups in total. The van der Waals surface area contributed by atoms with Gasteiger partial charge in [0.2, 0.25) is 0 Å². The highest BCUT2D eigenvalue weighted by atomic mass is 79.9. The third kappa shape index (κ3) is 2.70. The zero-order valence-electron chi connectivity index (χ0n) is 9.58. The maximum Gasteiger partial charge on any atom is 0.161 e. The smallest absolute Gasteiger partial charge is 0.161 e. The third-order valence-corrected chi connectivity index (χ3v) is 4.14. The molecular formula is C12H9BrF3NO2. The lowest BCUT2D eigenvalue weighted by Gasteiger charge is -2.29. The summed E-state index contributed by atoms with van der Waals surface area (Å²) in [4.78, 5) is 21.9. The monoisotopic (exact) mass is 335 g/mol. The fourth-order valence-electron chi connectivity index (χ4n) is 2.24. The van der Waals surface area contributed by atoms with E-state index in [0.29, 0.717) is 12.1 Å². The normalized spacial score (nSPS) is 27.4. The molecule has 1 saturated carbocycles. The fraction of sp³-hybridized carbons (Fsp3) is 0.417. The van der Waals surface area contributed by atoms with E-state index in [1.54, 1.807) is 0 Å². The predicted octanol–water partition coefficient (Wildman–Crippen LogP) is 3.45. The molecule has 1 aliphatic rings. The molecule has 1 fully saturated rings. The SMILES string of the molecule is O=NC1CC(Br)C(=O)CC1c1cc(F)c(F)cc1F. The third-order valence-electron chi connectivity index (χ3n) is 3.26. The molecule has 1 aliphatic carbocycles. The van der Waals surface area contributed by atoms with E-state index in [-0.39, 0.29) is 24.2 Å². The average Bonchev–Trinajstić information content (AvgIpc) is 2.36. The molecule has 3 unspecified atom stereocenters. The van der Waals surface area contributed by atoms with E-state index in [4.69, 9.17) is 0 Å². The number of ketones is 1. The van der Waals surface area contributed by atoms with Crippen molar-refractivity contribution in [3.8, 4) is 0 Å². The molecule has 0 spiro atoms. The van der Waals surface area contributed by atoms with Gasteiger partial charge in [-0.15, -0.1) is 0 Å². The van der Waals surface area contributed by atoms with Gasteiger partial charge in [0.15, 0.2) is 11.6 Å². The van der Waals surface area contributed by atoms with Crippen LogP contribution in [0.3, 0.4) is 0 Å². The summed E-state index contributed by atoms with van der Waals surface area (Å²) >= 11 is 3.10. The summed E-state index contributed by atoms with van der Waals surface area (Å²) in [7, 11) is 0. The molecule has 0 saturated heterocycles. The van der Waals surface area contributed by atoms with Gasteiger partial charge in [0, 0.05) is 18.4 Å². The summed E-state index contributed by atoms with van der Waals surface area (Å²) < 4.78 is 39.7. The van der Waals surface area contributed by atoms with Crippen LogP contribution in [0.15, 0.2) is 17.3 Å². The Labute approximate surface area is 115 Å². The molecule has 2 rings (SSSR count). The molecule has 1 aromatic rings. The molecule has 0 aliphatic heterocycles. The standard InChI is InChI=1S/C12H9BrF3NO2/c13-7-3-11(17-19)6(2-12(7)18)5-1-9(15)10(16)4-8(5)14/h1,4,6-7,11H,2-3H2. The van der Waals surface area contributed by atoms with Gasteiger partial charge in [-0.25, -0.2) is 13.2 Å². The first kappa shape index (κ1) is 14.2. The highest BCUT2D eigenvalue weighted by Gasteiger charge is 2.38. The highest BCUT2D eigenvalue weighted by molar-refractivity contribution is 9.10. The molecule has 102 valence electrons.